The van der Waals surface area contributed by atoms with Gasteiger partial charge in [-0.15, -0.1) is 0 Å². The molecule has 1 aromatic rings. The van der Waals surface area contributed by atoms with E-state index in [9.17, 15) is 0 Å². The summed E-state index contributed by atoms with van der Waals surface area (Å²) in [6, 6.07) is 0.294. The summed E-state index contributed by atoms with van der Waals surface area (Å²) >= 11 is 5.81. The van der Waals surface area contributed by atoms with Crippen LogP contribution in [-0.2, 0) is 0 Å². The summed E-state index contributed by atoms with van der Waals surface area (Å²) in [5.41, 5.74) is 0. The maximum absolute atomic E-state index is 5.81. The highest BCUT2D eigenvalue weighted by Crippen LogP contribution is 2.26. The molecule has 1 aliphatic carbocycles. The Bertz CT molecular complexity index is 370. The molecule has 1 aliphatic rings. The molecule has 1 heterocycles. The van der Waals surface area contributed by atoms with Crippen molar-refractivity contribution in [3.05, 3.63) is 5.28 Å². The van der Waals surface area contributed by atoms with E-state index in [0.717, 1.165) is 18.9 Å². The summed E-state index contributed by atoms with van der Waals surface area (Å²) in [4.78, 5) is 12.1. The zero-order chi connectivity index (χ0) is 12.1. The van der Waals surface area contributed by atoms with Crippen LogP contribution in [0, 0.1) is 5.92 Å². The Morgan fingerprint density at radius 3 is 2.82 bits per heavy atom. The molecule has 1 fully saturated rings. The van der Waals surface area contributed by atoms with E-state index in [4.69, 9.17) is 16.3 Å². The number of anilines is 1. The molecular formula is C11H17ClN4O. The van der Waals surface area contributed by atoms with E-state index in [-0.39, 0.29) is 5.28 Å². The van der Waals surface area contributed by atoms with Crippen LogP contribution in [0.3, 0.4) is 0 Å². The third kappa shape index (κ3) is 3.70. The number of hydrogen-bond donors (Lipinski definition) is 1. The maximum Gasteiger partial charge on any atom is 0.322 e. The second kappa shape index (κ2) is 6.00. The molecular weight excluding hydrogens is 240 g/mol. The van der Waals surface area contributed by atoms with E-state index in [1.807, 2.05) is 6.92 Å². The van der Waals surface area contributed by atoms with Crippen LogP contribution in [0.25, 0.3) is 0 Å². The van der Waals surface area contributed by atoms with E-state index in [2.05, 4.69) is 20.3 Å². The zero-order valence-corrected chi connectivity index (χ0v) is 10.7. The molecule has 0 unspecified atom stereocenters. The largest absolute Gasteiger partial charge is 0.463 e. The Hall–Kier alpha value is -1.10. The molecule has 0 spiro atoms. The van der Waals surface area contributed by atoms with Crippen molar-refractivity contribution in [1.29, 1.82) is 0 Å². The standard InChI is InChI=1S/C11H17ClN4O/c1-2-6-17-11-15-9(12)14-10(16-11)13-7-8-4-3-5-8/h8H,2-7H2,1H3,(H,13,14,15,16). The van der Waals surface area contributed by atoms with Gasteiger partial charge in [-0.05, 0) is 36.8 Å². The maximum atomic E-state index is 5.81. The first-order valence-corrected chi connectivity index (χ1v) is 6.44. The molecule has 6 heteroatoms. The highest BCUT2D eigenvalue weighted by Gasteiger charge is 2.17. The summed E-state index contributed by atoms with van der Waals surface area (Å²) in [6.07, 6.45) is 4.80. The van der Waals surface area contributed by atoms with E-state index in [0.29, 0.717) is 18.6 Å². The van der Waals surface area contributed by atoms with Crippen LogP contribution in [0.15, 0.2) is 0 Å². The smallest absolute Gasteiger partial charge is 0.322 e. The first-order chi connectivity index (χ1) is 8.28. The minimum atomic E-state index is 0.169. The van der Waals surface area contributed by atoms with Crippen LogP contribution in [0.1, 0.15) is 32.6 Å². The molecule has 0 atom stereocenters. The monoisotopic (exact) mass is 256 g/mol. The molecule has 0 saturated heterocycles. The Kier molecular flexibility index (Phi) is 4.36. The lowest BCUT2D eigenvalue weighted by Gasteiger charge is -2.25. The van der Waals surface area contributed by atoms with E-state index in [1.165, 1.54) is 19.3 Å². The van der Waals surface area contributed by atoms with Crippen molar-refractivity contribution < 1.29 is 4.74 Å². The number of nitrogens with one attached hydrogen (secondary N) is 1. The number of ether oxygens (including phenoxy) is 1. The van der Waals surface area contributed by atoms with Crippen LogP contribution in [0.5, 0.6) is 6.01 Å². The Balaban J connectivity index is 1.92. The van der Waals surface area contributed by atoms with Crippen molar-refractivity contribution in [2.45, 2.75) is 32.6 Å². The van der Waals surface area contributed by atoms with Gasteiger partial charge < -0.3 is 10.1 Å². The van der Waals surface area contributed by atoms with Crippen LogP contribution < -0.4 is 10.1 Å². The number of nitrogens with zero attached hydrogens (tertiary/aromatic N) is 3. The minimum Gasteiger partial charge on any atom is -0.463 e. The summed E-state index contributed by atoms with van der Waals surface area (Å²) in [5.74, 6) is 1.24. The molecule has 5 nitrogen and oxygen atoms in total. The van der Waals surface area contributed by atoms with Crippen molar-refractivity contribution >= 4 is 17.5 Å². The minimum absolute atomic E-state index is 0.169. The van der Waals surface area contributed by atoms with Gasteiger partial charge in [-0.2, -0.15) is 15.0 Å². The molecule has 0 radical (unpaired) electrons. The van der Waals surface area contributed by atoms with Crippen molar-refractivity contribution in [3.8, 4) is 6.01 Å². The first-order valence-electron chi connectivity index (χ1n) is 6.06. The second-order valence-electron chi connectivity index (χ2n) is 4.24. The molecule has 1 saturated carbocycles. The molecule has 2 rings (SSSR count). The molecule has 0 aromatic carbocycles. The van der Waals surface area contributed by atoms with Gasteiger partial charge in [0.15, 0.2) is 0 Å². The average Bonchev–Trinajstić information content (AvgIpc) is 2.23. The van der Waals surface area contributed by atoms with Gasteiger partial charge in [-0.25, -0.2) is 0 Å². The fourth-order valence-corrected chi connectivity index (χ4v) is 1.75. The highest BCUT2D eigenvalue weighted by molar-refractivity contribution is 6.28. The molecule has 17 heavy (non-hydrogen) atoms. The highest BCUT2D eigenvalue weighted by atomic mass is 35.5. The lowest BCUT2D eigenvalue weighted by atomic mass is 9.85. The molecule has 1 aromatic heterocycles. The summed E-state index contributed by atoms with van der Waals surface area (Å²) < 4.78 is 5.34. The quantitative estimate of drug-likeness (QED) is 0.848. The Labute approximate surface area is 106 Å². The first kappa shape index (κ1) is 12.4. The van der Waals surface area contributed by atoms with Gasteiger partial charge in [0.2, 0.25) is 11.2 Å². The fourth-order valence-electron chi connectivity index (χ4n) is 1.60. The third-order valence-electron chi connectivity index (χ3n) is 2.80. The Morgan fingerprint density at radius 2 is 2.18 bits per heavy atom. The fraction of sp³-hybridized carbons (Fsp3) is 0.727. The van der Waals surface area contributed by atoms with Crippen LogP contribution >= 0.6 is 11.6 Å². The lowest BCUT2D eigenvalue weighted by molar-refractivity contribution is 0.291. The van der Waals surface area contributed by atoms with Crippen LogP contribution in [0.2, 0.25) is 5.28 Å². The number of halogens is 1. The summed E-state index contributed by atoms with van der Waals surface area (Å²) in [5, 5.41) is 3.35. The molecule has 0 bridgehead atoms. The van der Waals surface area contributed by atoms with Crippen molar-refractivity contribution in [2.75, 3.05) is 18.5 Å². The Morgan fingerprint density at radius 1 is 1.35 bits per heavy atom. The van der Waals surface area contributed by atoms with Gasteiger partial charge in [0.25, 0.3) is 0 Å². The third-order valence-corrected chi connectivity index (χ3v) is 2.97. The summed E-state index contributed by atoms with van der Waals surface area (Å²) in [6.45, 7) is 3.51. The van der Waals surface area contributed by atoms with E-state index >= 15 is 0 Å². The van der Waals surface area contributed by atoms with Crippen LogP contribution in [-0.4, -0.2) is 28.1 Å². The second-order valence-corrected chi connectivity index (χ2v) is 4.57. The van der Waals surface area contributed by atoms with Crippen molar-refractivity contribution in [3.63, 3.8) is 0 Å². The molecule has 0 amide bonds. The van der Waals surface area contributed by atoms with Gasteiger partial charge in [-0.3, -0.25) is 0 Å². The van der Waals surface area contributed by atoms with Gasteiger partial charge in [-0.1, -0.05) is 13.3 Å². The van der Waals surface area contributed by atoms with Gasteiger partial charge in [0.1, 0.15) is 0 Å². The zero-order valence-electron chi connectivity index (χ0n) is 9.95. The number of aromatic nitrogens is 3. The van der Waals surface area contributed by atoms with Crippen molar-refractivity contribution in [2.24, 2.45) is 5.92 Å². The van der Waals surface area contributed by atoms with E-state index < -0.39 is 0 Å². The predicted molar refractivity (Wildman–Crippen MR) is 66.5 cm³/mol. The SMILES string of the molecule is CCCOc1nc(Cl)nc(NCC2CCC2)n1. The number of rotatable bonds is 6. The lowest BCUT2D eigenvalue weighted by Crippen LogP contribution is -2.22. The normalized spacial score (nSPS) is 15.4. The molecule has 1 N–H and O–H groups in total. The van der Waals surface area contributed by atoms with Gasteiger partial charge in [0.05, 0.1) is 6.61 Å². The molecule has 94 valence electrons. The van der Waals surface area contributed by atoms with E-state index in [1.54, 1.807) is 0 Å². The number of hydrogen-bond acceptors (Lipinski definition) is 5. The van der Waals surface area contributed by atoms with Gasteiger partial charge in [0, 0.05) is 6.54 Å². The predicted octanol–water partition coefficient (Wildman–Crippen LogP) is 2.53. The topological polar surface area (TPSA) is 59.9 Å². The average molecular weight is 257 g/mol. The molecule has 0 aliphatic heterocycles. The van der Waals surface area contributed by atoms with Crippen LogP contribution in [0.4, 0.5) is 5.95 Å². The summed E-state index contributed by atoms with van der Waals surface area (Å²) in [7, 11) is 0. The van der Waals surface area contributed by atoms with Gasteiger partial charge >= 0.3 is 6.01 Å². The van der Waals surface area contributed by atoms with Crippen molar-refractivity contribution in [1.82, 2.24) is 15.0 Å².